The van der Waals surface area contributed by atoms with E-state index in [1.54, 1.807) is 0 Å². The van der Waals surface area contributed by atoms with Gasteiger partial charge in [-0.15, -0.1) is 0 Å². The van der Waals surface area contributed by atoms with Crippen LogP contribution in [0.2, 0.25) is 0 Å². The van der Waals surface area contributed by atoms with Crippen LogP contribution in [0.5, 0.6) is 0 Å². The highest BCUT2D eigenvalue weighted by Crippen LogP contribution is 2.25. The molecule has 0 saturated carbocycles. The number of aromatic nitrogens is 1. The first-order chi connectivity index (χ1) is 13.0. The average molecular weight is 368 g/mol. The average Bonchev–Trinajstić information content (AvgIpc) is 2.98. The van der Waals surface area contributed by atoms with Gasteiger partial charge in [0.05, 0.1) is 11.6 Å². The van der Waals surface area contributed by atoms with Crippen molar-refractivity contribution in [3.05, 3.63) is 58.9 Å². The number of carbonyl (C=O) groups is 1. The Morgan fingerprint density at radius 2 is 1.85 bits per heavy atom. The van der Waals surface area contributed by atoms with Gasteiger partial charge in [-0.25, -0.2) is 0 Å². The molecule has 1 atom stereocenters. The first kappa shape index (κ1) is 19.7. The summed E-state index contributed by atoms with van der Waals surface area (Å²) in [6.45, 7) is 11.9. The van der Waals surface area contributed by atoms with E-state index in [0.717, 1.165) is 42.9 Å². The Labute approximate surface area is 163 Å². The third-order valence-electron chi connectivity index (χ3n) is 5.86. The molecule has 1 N–H and O–H groups in total. The zero-order valence-corrected chi connectivity index (χ0v) is 17.2. The van der Waals surface area contributed by atoms with E-state index in [9.17, 15) is 4.79 Å². The Balaban J connectivity index is 1.70. The molecule has 3 rings (SSSR count). The molecule has 1 amide bonds. The molecule has 1 aromatic carbocycles. The number of likely N-dealkylation sites (tertiary alicyclic amines) is 1. The van der Waals surface area contributed by atoms with Crippen LogP contribution in [0.4, 0.5) is 0 Å². The van der Waals surface area contributed by atoms with E-state index in [4.69, 9.17) is 0 Å². The summed E-state index contributed by atoms with van der Waals surface area (Å²) >= 11 is 0. The molecule has 1 unspecified atom stereocenters. The van der Waals surface area contributed by atoms with Crippen molar-refractivity contribution in [3.63, 3.8) is 0 Å². The highest BCUT2D eigenvalue weighted by atomic mass is 16.1. The summed E-state index contributed by atoms with van der Waals surface area (Å²) in [6.07, 6.45) is 3.29. The van der Waals surface area contributed by atoms with Crippen molar-refractivity contribution >= 4 is 5.91 Å². The van der Waals surface area contributed by atoms with Crippen molar-refractivity contribution in [2.24, 2.45) is 0 Å². The maximum absolute atomic E-state index is 12.9. The molecule has 27 heavy (non-hydrogen) atoms. The molecule has 1 saturated heterocycles. The zero-order valence-electron chi connectivity index (χ0n) is 17.2. The number of benzene rings is 1. The number of piperidine rings is 1. The molecule has 0 bridgehead atoms. The van der Waals surface area contributed by atoms with E-state index in [-0.39, 0.29) is 11.9 Å². The van der Waals surface area contributed by atoms with E-state index in [2.05, 4.69) is 66.7 Å². The lowest BCUT2D eigenvalue weighted by molar-refractivity contribution is 0.0910. The fraction of sp³-hybridized carbons (Fsp3) is 0.522. The predicted octanol–water partition coefficient (Wildman–Crippen LogP) is 4.32. The summed E-state index contributed by atoms with van der Waals surface area (Å²) in [5.74, 6) is 0.0727. The first-order valence-corrected chi connectivity index (χ1v) is 10.3. The van der Waals surface area contributed by atoms with Crippen molar-refractivity contribution in [1.82, 2.24) is 14.8 Å². The van der Waals surface area contributed by atoms with Crippen molar-refractivity contribution in [2.45, 2.75) is 59.0 Å². The fourth-order valence-electron chi connectivity index (χ4n) is 4.36. The van der Waals surface area contributed by atoms with Crippen molar-refractivity contribution in [2.75, 3.05) is 19.6 Å². The van der Waals surface area contributed by atoms with E-state index < -0.39 is 0 Å². The minimum absolute atomic E-state index is 0.0727. The molecule has 0 radical (unpaired) electrons. The standard InChI is InChI=1S/C23H33N3O/c1-5-13-25-14-11-21(12-15-25)24-23(27)22-16-17(2)26(19(22)4)18(3)20-9-7-6-8-10-20/h6-10,16,18,21H,5,11-15H2,1-4H3,(H,24,27). The van der Waals surface area contributed by atoms with Gasteiger partial charge in [0.1, 0.15) is 0 Å². The summed E-state index contributed by atoms with van der Waals surface area (Å²) in [5, 5.41) is 3.28. The maximum atomic E-state index is 12.9. The molecule has 2 aromatic rings. The number of carbonyl (C=O) groups excluding carboxylic acids is 1. The van der Waals surface area contributed by atoms with Crippen LogP contribution in [0.3, 0.4) is 0 Å². The predicted molar refractivity (Wildman–Crippen MR) is 111 cm³/mol. The van der Waals surface area contributed by atoms with Gasteiger partial charge < -0.3 is 14.8 Å². The number of hydrogen-bond donors (Lipinski definition) is 1. The van der Waals surface area contributed by atoms with Crippen LogP contribution in [-0.4, -0.2) is 41.1 Å². The molecule has 4 heteroatoms. The first-order valence-electron chi connectivity index (χ1n) is 10.3. The topological polar surface area (TPSA) is 37.3 Å². The van der Waals surface area contributed by atoms with Crippen molar-refractivity contribution in [1.29, 1.82) is 0 Å². The molecule has 0 aliphatic carbocycles. The third kappa shape index (κ3) is 4.44. The Bertz CT molecular complexity index is 757. The van der Waals surface area contributed by atoms with E-state index in [0.29, 0.717) is 6.04 Å². The van der Waals surface area contributed by atoms with Crippen LogP contribution >= 0.6 is 0 Å². The molecule has 1 aromatic heterocycles. The number of hydrogen-bond acceptors (Lipinski definition) is 2. The Hall–Kier alpha value is -2.07. The van der Waals surface area contributed by atoms with Crippen LogP contribution in [0.1, 0.15) is 66.5 Å². The normalized spacial score (nSPS) is 17.0. The smallest absolute Gasteiger partial charge is 0.253 e. The van der Waals surface area contributed by atoms with Gasteiger partial charge in [-0.1, -0.05) is 37.3 Å². The Morgan fingerprint density at radius 1 is 1.19 bits per heavy atom. The van der Waals surface area contributed by atoms with E-state index in [1.165, 1.54) is 18.5 Å². The molecular formula is C23H33N3O. The van der Waals surface area contributed by atoms with Crippen molar-refractivity contribution < 1.29 is 4.79 Å². The molecule has 1 fully saturated rings. The van der Waals surface area contributed by atoms with Gasteiger partial charge in [0, 0.05) is 30.5 Å². The van der Waals surface area contributed by atoms with Crippen LogP contribution in [-0.2, 0) is 0 Å². The summed E-state index contributed by atoms with van der Waals surface area (Å²) < 4.78 is 2.27. The summed E-state index contributed by atoms with van der Waals surface area (Å²) in [6, 6.07) is 13.0. The van der Waals surface area contributed by atoms with Gasteiger partial charge in [0.25, 0.3) is 5.91 Å². The lowest BCUT2D eigenvalue weighted by Crippen LogP contribution is -2.44. The molecule has 1 aliphatic heterocycles. The highest BCUT2D eigenvalue weighted by molar-refractivity contribution is 5.96. The fourth-order valence-corrected chi connectivity index (χ4v) is 4.36. The quantitative estimate of drug-likeness (QED) is 0.826. The molecule has 0 spiro atoms. The van der Waals surface area contributed by atoms with Gasteiger partial charge in [-0.3, -0.25) is 4.79 Å². The summed E-state index contributed by atoms with van der Waals surface area (Å²) in [4.78, 5) is 15.4. The number of amides is 1. The van der Waals surface area contributed by atoms with Crippen LogP contribution in [0.15, 0.2) is 36.4 Å². The van der Waals surface area contributed by atoms with Gasteiger partial charge in [0.15, 0.2) is 0 Å². The van der Waals surface area contributed by atoms with Crippen LogP contribution < -0.4 is 5.32 Å². The summed E-state index contributed by atoms with van der Waals surface area (Å²) in [7, 11) is 0. The maximum Gasteiger partial charge on any atom is 0.253 e. The largest absolute Gasteiger partial charge is 0.349 e. The highest BCUT2D eigenvalue weighted by Gasteiger charge is 2.24. The van der Waals surface area contributed by atoms with Crippen LogP contribution in [0, 0.1) is 13.8 Å². The molecule has 1 aliphatic rings. The second kappa shape index (κ2) is 8.75. The van der Waals surface area contributed by atoms with Gasteiger partial charge in [-0.2, -0.15) is 0 Å². The number of nitrogens with one attached hydrogen (secondary N) is 1. The van der Waals surface area contributed by atoms with Gasteiger partial charge in [-0.05, 0) is 58.2 Å². The molecule has 2 heterocycles. The van der Waals surface area contributed by atoms with Crippen LogP contribution in [0.25, 0.3) is 0 Å². The monoisotopic (exact) mass is 367 g/mol. The number of nitrogens with zero attached hydrogens (tertiary/aromatic N) is 2. The minimum Gasteiger partial charge on any atom is -0.349 e. The molecule has 146 valence electrons. The van der Waals surface area contributed by atoms with Gasteiger partial charge in [0.2, 0.25) is 0 Å². The van der Waals surface area contributed by atoms with Crippen molar-refractivity contribution in [3.8, 4) is 0 Å². The SMILES string of the molecule is CCCN1CCC(NC(=O)c2cc(C)n(C(C)c3ccccc3)c2C)CC1. The lowest BCUT2D eigenvalue weighted by atomic mass is 10.0. The number of rotatable bonds is 6. The van der Waals surface area contributed by atoms with Gasteiger partial charge >= 0.3 is 0 Å². The third-order valence-corrected chi connectivity index (χ3v) is 5.86. The Kier molecular flexibility index (Phi) is 6.38. The molecular weight excluding hydrogens is 334 g/mol. The molecule has 4 nitrogen and oxygen atoms in total. The zero-order chi connectivity index (χ0) is 19.4. The second-order valence-corrected chi connectivity index (χ2v) is 7.83. The lowest BCUT2D eigenvalue weighted by Gasteiger charge is -2.32. The van der Waals surface area contributed by atoms with E-state index >= 15 is 0 Å². The Morgan fingerprint density at radius 3 is 2.48 bits per heavy atom. The van der Waals surface area contributed by atoms with E-state index in [1.807, 2.05) is 12.1 Å². The second-order valence-electron chi connectivity index (χ2n) is 7.83. The summed E-state index contributed by atoms with van der Waals surface area (Å²) in [5.41, 5.74) is 4.25. The minimum atomic E-state index is 0.0727. The number of aryl methyl sites for hydroxylation is 1.